The standard InChI is InChI=1S/C6H11NO2.Li.H/c8-6(9)7-4-2-1-3-5-7;;/h1-5H2,(H,8,9);;/q;+1;-1. The van der Waals surface area contributed by atoms with Gasteiger partial charge >= 0.3 is 25.0 Å². The minimum absolute atomic E-state index is 0. The summed E-state index contributed by atoms with van der Waals surface area (Å²) in [6.45, 7) is 1.46. The van der Waals surface area contributed by atoms with E-state index in [1.165, 1.54) is 11.3 Å². The second-order valence-corrected chi connectivity index (χ2v) is 2.33. The van der Waals surface area contributed by atoms with Gasteiger partial charge < -0.3 is 11.4 Å². The van der Waals surface area contributed by atoms with E-state index in [9.17, 15) is 4.79 Å². The van der Waals surface area contributed by atoms with Crippen molar-refractivity contribution in [1.29, 1.82) is 0 Å². The molecule has 1 heterocycles. The SMILES string of the molecule is O=C(O)N1CCCCC1.[H-].[Li+]. The van der Waals surface area contributed by atoms with Gasteiger partial charge in [-0.1, -0.05) is 0 Å². The first kappa shape index (κ1) is 9.87. The molecule has 4 heteroatoms. The molecule has 1 aliphatic heterocycles. The third kappa shape index (κ3) is 2.63. The third-order valence-corrected chi connectivity index (χ3v) is 1.63. The summed E-state index contributed by atoms with van der Waals surface area (Å²) in [4.78, 5) is 11.8. The van der Waals surface area contributed by atoms with E-state index in [1.807, 2.05) is 0 Å². The summed E-state index contributed by atoms with van der Waals surface area (Å²) in [5.41, 5.74) is 0. The van der Waals surface area contributed by atoms with Crippen molar-refractivity contribution in [2.45, 2.75) is 19.3 Å². The topological polar surface area (TPSA) is 40.5 Å². The first-order chi connectivity index (χ1) is 4.30. The van der Waals surface area contributed by atoms with Gasteiger partial charge in [-0.3, -0.25) is 0 Å². The minimum atomic E-state index is -0.769. The maximum Gasteiger partial charge on any atom is 1.00 e. The van der Waals surface area contributed by atoms with Crippen molar-refractivity contribution in [3.8, 4) is 0 Å². The van der Waals surface area contributed by atoms with Crippen molar-refractivity contribution in [3.05, 3.63) is 0 Å². The van der Waals surface area contributed by atoms with E-state index in [-0.39, 0.29) is 20.3 Å². The normalized spacial score (nSPS) is 17.8. The molecule has 0 bridgehead atoms. The second-order valence-electron chi connectivity index (χ2n) is 2.33. The maximum atomic E-state index is 10.3. The van der Waals surface area contributed by atoms with E-state index in [1.54, 1.807) is 0 Å². The molecular formula is C6H12LiNO2. The molecular weight excluding hydrogens is 125 g/mol. The predicted molar refractivity (Wildman–Crippen MR) is 34.6 cm³/mol. The van der Waals surface area contributed by atoms with Gasteiger partial charge in [-0.25, -0.2) is 4.79 Å². The van der Waals surface area contributed by atoms with Gasteiger partial charge in [0.15, 0.2) is 0 Å². The summed E-state index contributed by atoms with van der Waals surface area (Å²) < 4.78 is 0. The van der Waals surface area contributed by atoms with Gasteiger partial charge in [0.1, 0.15) is 0 Å². The fourth-order valence-electron chi connectivity index (χ4n) is 1.09. The van der Waals surface area contributed by atoms with E-state index in [0.717, 1.165) is 25.9 Å². The number of piperidine rings is 1. The van der Waals surface area contributed by atoms with Crippen molar-refractivity contribution < 1.29 is 30.2 Å². The molecule has 10 heavy (non-hydrogen) atoms. The number of amides is 1. The summed E-state index contributed by atoms with van der Waals surface area (Å²) in [6.07, 6.45) is 2.48. The molecule has 0 aromatic rings. The number of hydrogen-bond acceptors (Lipinski definition) is 1. The van der Waals surface area contributed by atoms with E-state index >= 15 is 0 Å². The van der Waals surface area contributed by atoms with Crippen LogP contribution in [0.15, 0.2) is 0 Å². The zero-order valence-electron chi connectivity index (χ0n) is 7.34. The Morgan fingerprint density at radius 3 is 2.10 bits per heavy atom. The summed E-state index contributed by atoms with van der Waals surface area (Å²) in [6, 6.07) is 0. The zero-order chi connectivity index (χ0) is 6.69. The quantitative estimate of drug-likeness (QED) is 0.403. The van der Waals surface area contributed by atoms with Crippen molar-refractivity contribution in [1.82, 2.24) is 4.90 Å². The molecule has 0 aromatic heterocycles. The van der Waals surface area contributed by atoms with Crippen molar-refractivity contribution in [2.75, 3.05) is 13.1 Å². The summed E-state index contributed by atoms with van der Waals surface area (Å²) in [5.74, 6) is 0. The van der Waals surface area contributed by atoms with Crippen LogP contribution in [0.3, 0.4) is 0 Å². The van der Waals surface area contributed by atoms with Gasteiger partial charge in [0, 0.05) is 13.1 Å². The molecule has 0 spiro atoms. The van der Waals surface area contributed by atoms with Crippen LogP contribution in [0.4, 0.5) is 4.79 Å². The molecule has 3 nitrogen and oxygen atoms in total. The van der Waals surface area contributed by atoms with Crippen molar-refractivity contribution in [2.24, 2.45) is 0 Å². The van der Waals surface area contributed by atoms with Gasteiger partial charge in [-0.05, 0) is 19.3 Å². The van der Waals surface area contributed by atoms with Crippen LogP contribution in [-0.4, -0.2) is 29.2 Å². The number of likely N-dealkylation sites (tertiary alicyclic amines) is 1. The third-order valence-electron chi connectivity index (χ3n) is 1.63. The first-order valence-electron chi connectivity index (χ1n) is 3.28. The number of nitrogens with zero attached hydrogens (tertiary/aromatic N) is 1. The van der Waals surface area contributed by atoms with Crippen LogP contribution < -0.4 is 18.9 Å². The van der Waals surface area contributed by atoms with Gasteiger partial charge in [0.05, 0.1) is 0 Å². The van der Waals surface area contributed by atoms with Gasteiger partial charge in [-0.15, -0.1) is 0 Å². The monoisotopic (exact) mass is 137 g/mol. The fraction of sp³-hybridized carbons (Fsp3) is 0.833. The summed E-state index contributed by atoms with van der Waals surface area (Å²) in [7, 11) is 0. The van der Waals surface area contributed by atoms with E-state index in [4.69, 9.17) is 5.11 Å². The Kier molecular flexibility index (Phi) is 4.59. The largest absolute Gasteiger partial charge is 1.00 e. The predicted octanol–water partition coefficient (Wildman–Crippen LogP) is -1.73. The zero-order valence-corrected chi connectivity index (χ0v) is 6.34. The Balaban J connectivity index is 0. The smallest absolute Gasteiger partial charge is 1.00 e. The Hall–Kier alpha value is -0.133. The molecule has 1 amide bonds. The fourth-order valence-corrected chi connectivity index (χ4v) is 1.09. The molecule has 1 rings (SSSR count). The molecule has 1 saturated heterocycles. The number of hydrogen-bond donors (Lipinski definition) is 1. The van der Waals surface area contributed by atoms with Crippen LogP contribution in [0.1, 0.15) is 20.7 Å². The van der Waals surface area contributed by atoms with Crippen LogP contribution in [-0.2, 0) is 0 Å². The average molecular weight is 137 g/mol. The van der Waals surface area contributed by atoms with Crippen molar-refractivity contribution in [3.63, 3.8) is 0 Å². The minimum Gasteiger partial charge on any atom is -1.00 e. The van der Waals surface area contributed by atoms with Crippen LogP contribution in [0, 0.1) is 0 Å². The number of carboxylic acid groups (broad SMARTS) is 1. The van der Waals surface area contributed by atoms with Crippen LogP contribution >= 0.6 is 0 Å². The molecule has 0 saturated carbocycles. The molecule has 0 unspecified atom stereocenters. The molecule has 1 aliphatic rings. The number of rotatable bonds is 0. The molecule has 1 fully saturated rings. The van der Waals surface area contributed by atoms with Crippen LogP contribution in [0.5, 0.6) is 0 Å². The maximum absolute atomic E-state index is 10.3. The first-order valence-corrected chi connectivity index (χ1v) is 3.28. The molecule has 54 valence electrons. The Labute approximate surface area is 74.1 Å². The Bertz CT molecular complexity index is 117. The average Bonchev–Trinajstić information content (AvgIpc) is 1.90. The summed E-state index contributed by atoms with van der Waals surface area (Å²) >= 11 is 0. The Morgan fingerprint density at radius 1 is 1.30 bits per heavy atom. The van der Waals surface area contributed by atoms with Crippen LogP contribution in [0.2, 0.25) is 0 Å². The molecule has 1 N–H and O–H groups in total. The molecule has 0 atom stereocenters. The van der Waals surface area contributed by atoms with E-state index < -0.39 is 6.09 Å². The van der Waals surface area contributed by atoms with E-state index in [0.29, 0.717) is 0 Å². The molecule has 0 radical (unpaired) electrons. The molecule has 0 aliphatic carbocycles. The number of carbonyl (C=O) groups is 1. The van der Waals surface area contributed by atoms with Gasteiger partial charge in [-0.2, -0.15) is 0 Å². The van der Waals surface area contributed by atoms with Gasteiger partial charge in [0.25, 0.3) is 0 Å². The van der Waals surface area contributed by atoms with Crippen LogP contribution in [0.25, 0.3) is 0 Å². The summed E-state index contributed by atoms with van der Waals surface area (Å²) in [5, 5.41) is 8.46. The Morgan fingerprint density at radius 2 is 1.80 bits per heavy atom. The van der Waals surface area contributed by atoms with E-state index in [2.05, 4.69) is 0 Å². The second kappa shape index (κ2) is 4.65. The van der Waals surface area contributed by atoms with Gasteiger partial charge in [0.2, 0.25) is 0 Å². The molecule has 0 aromatic carbocycles. The van der Waals surface area contributed by atoms with Crippen molar-refractivity contribution >= 4 is 6.09 Å².